The van der Waals surface area contributed by atoms with Crippen molar-refractivity contribution >= 4 is 53.3 Å². The smallest absolute Gasteiger partial charge is 0.450 e. The van der Waals surface area contributed by atoms with E-state index in [1.54, 1.807) is 11.5 Å². The Morgan fingerprint density at radius 2 is 1.48 bits per heavy atom. The van der Waals surface area contributed by atoms with Crippen LogP contribution in [0.1, 0.15) is 58.7 Å². The molecule has 5 aromatic carbocycles. The topological polar surface area (TPSA) is 158 Å². The minimum Gasteiger partial charge on any atom is -0.450 e. The van der Waals surface area contributed by atoms with E-state index in [0.29, 0.717) is 23.4 Å². The van der Waals surface area contributed by atoms with Gasteiger partial charge in [-0.1, -0.05) is 105 Å². The van der Waals surface area contributed by atoms with Gasteiger partial charge in [-0.25, -0.2) is 14.6 Å². The van der Waals surface area contributed by atoms with Gasteiger partial charge in [-0.3, -0.25) is 9.59 Å². The van der Waals surface area contributed by atoms with Gasteiger partial charge in [0, 0.05) is 16.9 Å². The number of rotatable bonds is 11. The molecule has 2 aromatic heterocycles. The van der Waals surface area contributed by atoms with E-state index >= 15 is 0 Å². The highest BCUT2D eigenvalue weighted by molar-refractivity contribution is 7.59. The Hall–Kier alpha value is -6.96. The molecule has 3 N–H and O–H groups in total. The molecular weight excluding hydrogens is 817 g/mol. The zero-order valence-corrected chi connectivity index (χ0v) is 36.4. The average Bonchev–Trinajstić information content (AvgIpc) is 3.82. The normalized spacial score (nSPS) is 11.9. The number of pyridine rings is 2. The van der Waals surface area contributed by atoms with E-state index in [1.807, 2.05) is 74.5 Å². The first-order chi connectivity index (χ1) is 30.1. The molecule has 1 aliphatic carbocycles. The van der Waals surface area contributed by atoms with Crippen LogP contribution in [0, 0.1) is 13.8 Å². The molecule has 2 aliphatic rings. The van der Waals surface area contributed by atoms with Gasteiger partial charge in [0.25, 0.3) is 5.56 Å². The third kappa shape index (κ3) is 8.75. The summed E-state index contributed by atoms with van der Waals surface area (Å²) in [4.78, 5) is 54.5. The van der Waals surface area contributed by atoms with E-state index < -0.39 is 18.2 Å². The molecule has 0 saturated carbocycles. The number of alkyl carbamates (subject to hydrolysis) is 1. The van der Waals surface area contributed by atoms with Crippen molar-refractivity contribution in [3.8, 4) is 33.6 Å². The number of benzene rings is 5. The van der Waals surface area contributed by atoms with Crippen LogP contribution in [0.4, 0.5) is 9.59 Å². The SMILES string of the molecule is CC.Cc1cc2n(c(=O)c1COC(=O)O)Cc1c-2nc2ccc3ccc(-c4ccc(COCNC(=O)CNC(=O)OCC5c6ccccc6-c6ccccc65)cc4)cc3c2c1C.S. The van der Waals surface area contributed by atoms with Crippen LogP contribution in [0.5, 0.6) is 0 Å². The second-order valence-electron chi connectivity index (χ2n) is 15.1. The maximum atomic E-state index is 13.5. The van der Waals surface area contributed by atoms with E-state index in [-0.39, 0.29) is 58.1 Å². The van der Waals surface area contributed by atoms with E-state index in [0.717, 1.165) is 77.4 Å². The van der Waals surface area contributed by atoms with Gasteiger partial charge in [-0.15, -0.1) is 0 Å². The van der Waals surface area contributed by atoms with Crippen LogP contribution in [0.2, 0.25) is 0 Å². The molecule has 0 unspecified atom stereocenters. The van der Waals surface area contributed by atoms with Crippen molar-refractivity contribution in [1.82, 2.24) is 20.2 Å². The lowest BCUT2D eigenvalue weighted by Crippen LogP contribution is -2.38. The van der Waals surface area contributed by atoms with Crippen molar-refractivity contribution in [2.24, 2.45) is 0 Å². The van der Waals surface area contributed by atoms with Gasteiger partial charge in [-0.05, 0) is 92.9 Å². The molecule has 12 nitrogen and oxygen atoms in total. The minimum absolute atomic E-state index is 0. The van der Waals surface area contributed by atoms with Gasteiger partial charge in [-0.2, -0.15) is 13.5 Å². The first-order valence-corrected chi connectivity index (χ1v) is 20.6. The van der Waals surface area contributed by atoms with Gasteiger partial charge in [0.2, 0.25) is 5.91 Å². The summed E-state index contributed by atoms with van der Waals surface area (Å²) in [5, 5.41) is 17.3. The van der Waals surface area contributed by atoms with Gasteiger partial charge >= 0.3 is 12.2 Å². The molecule has 0 fully saturated rings. The molecule has 3 heterocycles. The second-order valence-corrected chi connectivity index (χ2v) is 15.1. The molecule has 0 radical (unpaired) electrons. The average molecular weight is 865 g/mol. The molecule has 322 valence electrons. The molecule has 0 saturated heterocycles. The van der Waals surface area contributed by atoms with Crippen molar-refractivity contribution in [2.75, 3.05) is 19.9 Å². The summed E-state index contributed by atoms with van der Waals surface area (Å²) < 4.78 is 17.6. The predicted octanol–water partition coefficient (Wildman–Crippen LogP) is 9.32. The molecule has 63 heavy (non-hydrogen) atoms. The van der Waals surface area contributed by atoms with Crippen LogP contribution >= 0.6 is 13.5 Å². The number of aromatic nitrogens is 2. The monoisotopic (exact) mass is 864 g/mol. The molecule has 0 spiro atoms. The summed E-state index contributed by atoms with van der Waals surface area (Å²) in [5.74, 6) is -0.467. The third-order valence-corrected chi connectivity index (χ3v) is 11.5. The zero-order valence-electron chi connectivity index (χ0n) is 35.4. The summed E-state index contributed by atoms with van der Waals surface area (Å²) in [6.45, 7) is 8.04. The molecule has 2 amide bonds. The van der Waals surface area contributed by atoms with Gasteiger partial charge in [0.1, 0.15) is 26.5 Å². The summed E-state index contributed by atoms with van der Waals surface area (Å²) in [6, 6.07) is 36.5. The Bertz CT molecular complexity index is 2900. The molecule has 13 heteroatoms. The fourth-order valence-corrected chi connectivity index (χ4v) is 8.49. The Kier molecular flexibility index (Phi) is 13.3. The number of nitrogens with one attached hydrogen (secondary N) is 2. The zero-order chi connectivity index (χ0) is 43.5. The fourth-order valence-electron chi connectivity index (χ4n) is 8.49. The summed E-state index contributed by atoms with van der Waals surface area (Å²) in [7, 11) is 0. The maximum absolute atomic E-state index is 13.5. The Labute approximate surface area is 371 Å². The number of fused-ring (bicyclic) bond motifs is 9. The molecule has 0 bridgehead atoms. The maximum Gasteiger partial charge on any atom is 0.506 e. The van der Waals surface area contributed by atoms with E-state index in [9.17, 15) is 19.2 Å². The lowest BCUT2D eigenvalue weighted by atomic mass is 9.94. The third-order valence-electron chi connectivity index (χ3n) is 11.5. The summed E-state index contributed by atoms with van der Waals surface area (Å²) in [6.07, 6.45) is -2.09. The van der Waals surface area contributed by atoms with Gasteiger partial charge in [0.05, 0.1) is 35.6 Å². The van der Waals surface area contributed by atoms with Crippen LogP contribution in [0.15, 0.2) is 114 Å². The largest absolute Gasteiger partial charge is 0.506 e. The van der Waals surface area contributed by atoms with E-state index in [4.69, 9.17) is 24.3 Å². The van der Waals surface area contributed by atoms with Crippen molar-refractivity contribution in [1.29, 1.82) is 0 Å². The number of carboxylic acid groups (broad SMARTS) is 1. The molecular formula is C50H48N4O8S. The number of nitrogens with zero attached hydrogens (tertiary/aromatic N) is 2. The first kappa shape index (κ1) is 44.1. The van der Waals surface area contributed by atoms with Crippen molar-refractivity contribution in [3.05, 3.63) is 158 Å². The van der Waals surface area contributed by atoms with Crippen LogP contribution in [-0.4, -0.2) is 52.7 Å². The number of hydrogen-bond acceptors (Lipinski definition) is 8. The summed E-state index contributed by atoms with van der Waals surface area (Å²) >= 11 is 0. The Morgan fingerprint density at radius 3 is 2.17 bits per heavy atom. The quantitative estimate of drug-likeness (QED) is 0.0499. The number of amides is 2. The van der Waals surface area contributed by atoms with E-state index in [2.05, 4.69) is 66.1 Å². The highest BCUT2D eigenvalue weighted by atomic mass is 32.1. The highest BCUT2D eigenvalue weighted by Crippen LogP contribution is 2.44. The van der Waals surface area contributed by atoms with E-state index in [1.165, 1.54) is 0 Å². The number of aryl methyl sites for hydroxylation is 2. The van der Waals surface area contributed by atoms with Crippen molar-refractivity contribution < 1.29 is 33.7 Å². The highest BCUT2D eigenvalue weighted by Gasteiger charge is 2.30. The van der Waals surface area contributed by atoms with Gasteiger partial charge < -0.3 is 34.5 Å². The lowest BCUT2D eigenvalue weighted by Gasteiger charge is -2.14. The van der Waals surface area contributed by atoms with Crippen LogP contribution < -0.4 is 16.2 Å². The van der Waals surface area contributed by atoms with Crippen LogP contribution in [-0.2, 0) is 38.8 Å². The number of carbonyl (C=O) groups is 3. The Morgan fingerprint density at radius 1 is 0.810 bits per heavy atom. The number of ether oxygens (including phenoxy) is 3. The standard InChI is InChI=1S/C48H40N4O8.C2H6.H2S/c1-27-19-42-45-38(22-52(42)46(54)39(27)24-60-48(56)57)28(2)44-37-20-32(16-15-31(37)17-18-41(44)51-45)30-13-11-29(12-14-30)23-58-26-50-43(53)21-49-47(55)59-25-40-35-9-5-3-7-33(35)34-8-4-6-10-36(34)40;1-2;/h3-20,40H,21-26H2,1-2H3,(H,49,55)(H,50,53)(H,56,57);1-2H3;1H2. The van der Waals surface area contributed by atoms with Gasteiger partial charge in [0.15, 0.2) is 0 Å². The second kappa shape index (κ2) is 19.0. The lowest BCUT2D eigenvalue weighted by molar-refractivity contribution is -0.122. The van der Waals surface area contributed by atoms with Crippen LogP contribution in [0.3, 0.4) is 0 Å². The number of carbonyl (C=O) groups excluding carboxylic acids is 2. The van der Waals surface area contributed by atoms with Crippen molar-refractivity contribution in [2.45, 2.75) is 53.4 Å². The summed E-state index contributed by atoms with van der Waals surface area (Å²) in [5.41, 5.74) is 12.4. The molecule has 9 rings (SSSR count). The number of hydrogen-bond donors (Lipinski definition) is 3. The van der Waals surface area contributed by atoms with Crippen LogP contribution in [0.25, 0.3) is 55.3 Å². The Balaban J connectivity index is 0.00000196. The molecule has 7 aromatic rings. The van der Waals surface area contributed by atoms with Crippen molar-refractivity contribution in [3.63, 3.8) is 0 Å². The molecule has 0 atom stereocenters. The fraction of sp³-hybridized carbons (Fsp3) is 0.220. The molecule has 1 aliphatic heterocycles. The minimum atomic E-state index is -1.43. The predicted molar refractivity (Wildman–Crippen MR) is 248 cm³/mol. The first-order valence-electron chi connectivity index (χ1n) is 20.6.